The average molecular weight is 367 g/mol. The minimum atomic E-state index is -4.45. The molecule has 0 aliphatic heterocycles. The molecule has 1 aliphatic carbocycles. The zero-order valence-electron chi connectivity index (χ0n) is 13.1. The number of benzene rings is 1. The number of rotatable bonds is 5. The van der Waals surface area contributed by atoms with Crippen LogP contribution in [0.5, 0.6) is 0 Å². The summed E-state index contributed by atoms with van der Waals surface area (Å²) in [5.41, 5.74) is 8.69. The van der Waals surface area contributed by atoms with E-state index in [4.69, 9.17) is 11.1 Å². The predicted molar refractivity (Wildman–Crippen MR) is 91.2 cm³/mol. The molecule has 8 heteroatoms. The first kappa shape index (κ1) is 17.5. The van der Waals surface area contributed by atoms with Gasteiger partial charge in [0.15, 0.2) is 0 Å². The van der Waals surface area contributed by atoms with Crippen molar-refractivity contribution in [1.29, 1.82) is 5.41 Å². The first-order chi connectivity index (χ1) is 11.8. The van der Waals surface area contributed by atoms with Crippen molar-refractivity contribution in [3.63, 3.8) is 0 Å². The van der Waals surface area contributed by atoms with Crippen LogP contribution in [0.15, 0.2) is 24.3 Å². The van der Waals surface area contributed by atoms with Gasteiger partial charge in [-0.25, -0.2) is 0 Å². The van der Waals surface area contributed by atoms with Gasteiger partial charge in [-0.1, -0.05) is 6.07 Å². The van der Waals surface area contributed by atoms with Crippen molar-refractivity contribution >= 4 is 29.1 Å². The Kier molecular flexibility index (Phi) is 4.55. The number of carbonyl (C=O) groups is 1. The Bertz CT molecular complexity index is 825. The minimum Gasteiger partial charge on any atom is -0.398 e. The molecular weight excluding hydrogens is 351 g/mol. The summed E-state index contributed by atoms with van der Waals surface area (Å²) in [6.07, 6.45) is -1.22. The number of hydrogen-bond acceptors (Lipinski definition) is 4. The third-order valence-electron chi connectivity index (χ3n) is 4.12. The number of halogens is 3. The lowest BCUT2D eigenvalue weighted by Gasteiger charge is -2.15. The van der Waals surface area contributed by atoms with E-state index in [2.05, 4.69) is 5.32 Å². The number of anilines is 1. The highest BCUT2D eigenvalue weighted by Gasteiger charge is 2.33. The van der Waals surface area contributed by atoms with Crippen LogP contribution in [0.3, 0.4) is 0 Å². The molecular formula is C17H16F3N3OS. The molecule has 0 atom stereocenters. The van der Waals surface area contributed by atoms with E-state index in [-0.39, 0.29) is 11.4 Å². The van der Waals surface area contributed by atoms with E-state index in [0.717, 1.165) is 36.2 Å². The highest BCUT2D eigenvalue weighted by atomic mass is 32.1. The van der Waals surface area contributed by atoms with Crippen LogP contribution in [-0.2, 0) is 12.7 Å². The van der Waals surface area contributed by atoms with Crippen molar-refractivity contribution in [3.8, 4) is 0 Å². The second-order valence-electron chi connectivity index (χ2n) is 5.90. The number of amides is 1. The van der Waals surface area contributed by atoms with Crippen molar-refractivity contribution in [1.82, 2.24) is 5.32 Å². The summed E-state index contributed by atoms with van der Waals surface area (Å²) in [5, 5.41) is 10.2. The number of nitrogens with two attached hydrogens (primary N) is 1. The minimum absolute atomic E-state index is 0.000558. The summed E-state index contributed by atoms with van der Waals surface area (Å²) in [5.74, 6) is -0.176. The molecule has 0 spiro atoms. The molecule has 4 nitrogen and oxygen atoms in total. The van der Waals surface area contributed by atoms with Crippen molar-refractivity contribution in [3.05, 3.63) is 50.7 Å². The fourth-order valence-electron chi connectivity index (χ4n) is 2.71. The molecule has 0 unspecified atom stereocenters. The normalized spacial score (nSPS) is 14.4. The Morgan fingerprint density at radius 2 is 2.04 bits per heavy atom. The van der Waals surface area contributed by atoms with Crippen LogP contribution >= 0.6 is 11.3 Å². The number of carbonyl (C=O) groups excluding carboxylic acids is 1. The standard InChI is InChI=1S/C17H16F3N3OS/c18-17(19,20)15-6-5-14(25-15)16(24)23-8-12-10(9-1-2-9)3-4-13(22)11(12)7-21/h3-7,9,21H,1-2,8,22H2,(H,23,24). The van der Waals surface area contributed by atoms with Gasteiger partial charge in [0.1, 0.15) is 4.88 Å². The quantitative estimate of drug-likeness (QED) is 0.548. The van der Waals surface area contributed by atoms with Gasteiger partial charge < -0.3 is 16.5 Å². The molecule has 0 saturated heterocycles. The van der Waals surface area contributed by atoms with E-state index in [9.17, 15) is 18.0 Å². The zero-order valence-corrected chi connectivity index (χ0v) is 13.9. The summed E-state index contributed by atoms with van der Waals surface area (Å²) in [4.78, 5) is 11.4. The van der Waals surface area contributed by atoms with Gasteiger partial charge in [0, 0.05) is 24.0 Å². The van der Waals surface area contributed by atoms with E-state index >= 15 is 0 Å². The Labute approximate surface area is 146 Å². The van der Waals surface area contributed by atoms with E-state index in [1.54, 1.807) is 6.07 Å². The molecule has 2 aromatic rings. The van der Waals surface area contributed by atoms with Crippen molar-refractivity contribution in [2.75, 3.05) is 5.73 Å². The summed E-state index contributed by atoms with van der Waals surface area (Å²) < 4.78 is 37.9. The summed E-state index contributed by atoms with van der Waals surface area (Å²) in [7, 11) is 0. The monoisotopic (exact) mass is 367 g/mol. The van der Waals surface area contributed by atoms with E-state index in [1.165, 1.54) is 6.07 Å². The number of nitrogen functional groups attached to an aromatic ring is 1. The first-order valence-electron chi connectivity index (χ1n) is 7.68. The highest BCUT2D eigenvalue weighted by molar-refractivity contribution is 7.14. The van der Waals surface area contributed by atoms with Crippen LogP contribution in [0.1, 0.15) is 50.0 Å². The van der Waals surface area contributed by atoms with Crippen molar-refractivity contribution < 1.29 is 18.0 Å². The van der Waals surface area contributed by atoms with E-state index < -0.39 is 17.0 Å². The number of alkyl halides is 3. The highest BCUT2D eigenvalue weighted by Crippen LogP contribution is 2.43. The molecule has 3 rings (SSSR count). The molecule has 1 amide bonds. The van der Waals surface area contributed by atoms with Crippen LogP contribution in [-0.4, -0.2) is 12.1 Å². The fraction of sp³-hybridized carbons (Fsp3) is 0.294. The Balaban J connectivity index is 1.79. The van der Waals surface area contributed by atoms with Gasteiger partial charge in [-0.15, -0.1) is 11.3 Å². The maximum atomic E-state index is 12.6. The molecule has 1 fully saturated rings. The van der Waals surface area contributed by atoms with Gasteiger partial charge in [-0.05, 0) is 48.1 Å². The molecule has 1 aliphatic rings. The Hall–Kier alpha value is -2.35. The zero-order chi connectivity index (χ0) is 18.2. The van der Waals surface area contributed by atoms with Gasteiger partial charge in [0.25, 0.3) is 5.91 Å². The molecule has 0 radical (unpaired) electrons. The third kappa shape index (κ3) is 3.68. The number of thiophene rings is 1. The van der Waals surface area contributed by atoms with Crippen LogP contribution in [0.2, 0.25) is 0 Å². The number of hydrogen-bond donors (Lipinski definition) is 3. The van der Waals surface area contributed by atoms with Gasteiger partial charge in [0.05, 0.1) is 4.88 Å². The van der Waals surface area contributed by atoms with Crippen LogP contribution in [0.4, 0.5) is 18.9 Å². The average Bonchev–Trinajstić information content (AvgIpc) is 3.26. The smallest absolute Gasteiger partial charge is 0.398 e. The summed E-state index contributed by atoms with van der Waals surface area (Å²) >= 11 is 0.412. The lowest BCUT2D eigenvalue weighted by atomic mass is 9.96. The molecule has 4 N–H and O–H groups in total. The maximum absolute atomic E-state index is 12.6. The van der Waals surface area contributed by atoms with E-state index in [1.807, 2.05) is 6.07 Å². The lowest BCUT2D eigenvalue weighted by molar-refractivity contribution is -0.134. The SMILES string of the molecule is N=Cc1c(N)ccc(C2CC2)c1CNC(=O)c1ccc(C(F)(F)F)s1. The molecule has 1 saturated carbocycles. The molecule has 1 heterocycles. The largest absolute Gasteiger partial charge is 0.425 e. The molecule has 1 aromatic heterocycles. The van der Waals surface area contributed by atoms with Crippen LogP contribution < -0.4 is 11.1 Å². The number of nitrogens with one attached hydrogen (secondary N) is 2. The van der Waals surface area contributed by atoms with Gasteiger partial charge in [-0.2, -0.15) is 13.2 Å². The van der Waals surface area contributed by atoms with Crippen LogP contribution in [0.25, 0.3) is 0 Å². The van der Waals surface area contributed by atoms with Gasteiger partial charge in [-0.3, -0.25) is 4.79 Å². The predicted octanol–water partition coefficient (Wildman–Crippen LogP) is 4.15. The van der Waals surface area contributed by atoms with Crippen molar-refractivity contribution in [2.45, 2.75) is 31.5 Å². The Morgan fingerprint density at radius 3 is 2.60 bits per heavy atom. The molecule has 0 bridgehead atoms. The van der Waals surface area contributed by atoms with Crippen LogP contribution in [0, 0.1) is 5.41 Å². The van der Waals surface area contributed by atoms with Crippen molar-refractivity contribution in [2.24, 2.45) is 0 Å². The molecule has 1 aromatic carbocycles. The van der Waals surface area contributed by atoms with Gasteiger partial charge >= 0.3 is 6.18 Å². The lowest BCUT2D eigenvalue weighted by Crippen LogP contribution is -2.23. The summed E-state index contributed by atoms with van der Waals surface area (Å²) in [6.45, 7) is 0.125. The second kappa shape index (κ2) is 6.51. The fourth-order valence-corrected chi connectivity index (χ4v) is 3.50. The second-order valence-corrected chi connectivity index (χ2v) is 6.98. The maximum Gasteiger partial charge on any atom is 0.425 e. The third-order valence-corrected chi connectivity index (χ3v) is 5.25. The molecule has 25 heavy (non-hydrogen) atoms. The topological polar surface area (TPSA) is 79.0 Å². The first-order valence-corrected chi connectivity index (χ1v) is 8.50. The molecule has 132 valence electrons. The summed E-state index contributed by atoms with van der Waals surface area (Å²) in [6, 6.07) is 5.71. The van der Waals surface area contributed by atoms with E-state index in [0.29, 0.717) is 28.5 Å². The Morgan fingerprint density at radius 1 is 1.32 bits per heavy atom. The van der Waals surface area contributed by atoms with Gasteiger partial charge in [0.2, 0.25) is 0 Å².